The van der Waals surface area contributed by atoms with Gasteiger partial charge in [0.05, 0.1) is 6.26 Å². The normalized spacial score (nSPS) is 11.3. The summed E-state index contributed by atoms with van der Waals surface area (Å²) >= 11 is 0. The standard InChI is InChI=1S/C9H15N3O2S/c1-8-3-4-9(11-7-8)10-5-6-12-15(2,13)14/h3-4,7,12H,5-6H2,1-2H3,(H,10,11). The fourth-order valence-corrected chi connectivity index (χ4v) is 1.47. The highest BCUT2D eigenvalue weighted by molar-refractivity contribution is 7.88. The van der Waals surface area contributed by atoms with Crippen LogP contribution in [0.25, 0.3) is 0 Å². The molecule has 0 aliphatic carbocycles. The summed E-state index contributed by atoms with van der Waals surface area (Å²) in [5, 5.41) is 3.01. The van der Waals surface area contributed by atoms with Crippen LogP contribution in [0.15, 0.2) is 18.3 Å². The number of hydrogen-bond acceptors (Lipinski definition) is 4. The van der Waals surface area contributed by atoms with Gasteiger partial charge in [0.2, 0.25) is 10.0 Å². The highest BCUT2D eigenvalue weighted by Crippen LogP contribution is 2.02. The molecule has 0 aliphatic heterocycles. The van der Waals surface area contributed by atoms with Crippen molar-refractivity contribution in [2.45, 2.75) is 6.92 Å². The Bertz CT molecular complexity index is 400. The summed E-state index contributed by atoms with van der Waals surface area (Å²) in [4.78, 5) is 4.12. The average Bonchev–Trinajstić information content (AvgIpc) is 2.14. The van der Waals surface area contributed by atoms with Crippen LogP contribution in [0, 0.1) is 6.92 Å². The Hall–Kier alpha value is -1.14. The molecule has 1 heterocycles. The molecule has 0 unspecified atom stereocenters. The van der Waals surface area contributed by atoms with Gasteiger partial charge in [0, 0.05) is 19.3 Å². The van der Waals surface area contributed by atoms with E-state index in [1.165, 1.54) is 0 Å². The van der Waals surface area contributed by atoms with Crippen LogP contribution in [0.1, 0.15) is 5.56 Å². The summed E-state index contributed by atoms with van der Waals surface area (Å²) in [6, 6.07) is 3.80. The topological polar surface area (TPSA) is 71.1 Å². The Labute approximate surface area is 90.0 Å². The molecule has 6 heteroatoms. The van der Waals surface area contributed by atoms with Crippen LogP contribution in [0.4, 0.5) is 5.82 Å². The van der Waals surface area contributed by atoms with E-state index in [2.05, 4.69) is 15.0 Å². The fourth-order valence-electron chi connectivity index (χ4n) is 0.999. The van der Waals surface area contributed by atoms with E-state index in [4.69, 9.17) is 0 Å². The van der Waals surface area contributed by atoms with Gasteiger partial charge < -0.3 is 5.32 Å². The second kappa shape index (κ2) is 5.09. The minimum atomic E-state index is -3.10. The van der Waals surface area contributed by atoms with E-state index >= 15 is 0 Å². The van der Waals surface area contributed by atoms with E-state index in [1.54, 1.807) is 6.20 Å². The zero-order chi connectivity index (χ0) is 11.3. The lowest BCUT2D eigenvalue weighted by Gasteiger charge is -2.05. The molecular formula is C9H15N3O2S. The first-order valence-corrected chi connectivity index (χ1v) is 6.48. The molecule has 0 aliphatic rings. The summed E-state index contributed by atoms with van der Waals surface area (Å²) in [5.74, 6) is 0.746. The van der Waals surface area contributed by atoms with Gasteiger partial charge in [0.25, 0.3) is 0 Å². The van der Waals surface area contributed by atoms with E-state index in [1.807, 2.05) is 19.1 Å². The van der Waals surface area contributed by atoms with Gasteiger partial charge in [0.15, 0.2) is 0 Å². The van der Waals surface area contributed by atoms with Crippen LogP contribution in [0.3, 0.4) is 0 Å². The van der Waals surface area contributed by atoms with Crippen molar-refractivity contribution >= 4 is 15.8 Å². The van der Waals surface area contributed by atoms with Crippen LogP contribution >= 0.6 is 0 Å². The van der Waals surface area contributed by atoms with E-state index in [9.17, 15) is 8.42 Å². The SMILES string of the molecule is Cc1ccc(NCCNS(C)(=O)=O)nc1. The quantitative estimate of drug-likeness (QED) is 0.715. The summed E-state index contributed by atoms with van der Waals surface area (Å²) in [6.45, 7) is 2.83. The number of sulfonamides is 1. The van der Waals surface area contributed by atoms with Gasteiger partial charge in [0.1, 0.15) is 5.82 Å². The zero-order valence-electron chi connectivity index (χ0n) is 8.82. The van der Waals surface area contributed by atoms with Crippen molar-refractivity contribution in [1.29, 1.82) is 0 Å². The molecule has 2 N–H and O–H groups in total. The fraction of sp³-hybridized carbons (Fsp3) is 0.444. The molecule has 84 valence electrons. The van der Waals surface area contributed by atoms with E-state index in [0.29, 0.717) is 13.1 Å². The molecule has 5 nitrogen and oxygen atoms in total. The van der Waals surface area contributed by atoms with Gasteiger partial charge in [-0.15, -0.1) is 0 Å². The number of pyridine rings is 1. The van der Waals surface area contributed by atoms with Crippen molar-refractivity contribution in [2.24, 2.45) is 0 Å². The molecule has 15 heavy (non-hydrogen) atoms. The van der Waals surface area contributed by atoms with Gasteiger partial charge >= 0.3 is 0 Å². The summed E-state index contributed by atoms with van der Waals surface area (Å²) < 4.78 is 23.9. The second-order valence-corrected chi connectivity index (χ2v) is 5.15. The largest absolute Gasteiger partial charge is 0.369 e. The average molecular weight is 229 g/mol. The third kappa shape index (κ3) is 5.34. The Balaban J connectivity index is 2.29. The maximum atomic E-state index is 10.7. The molecule has 0 saturated heterocycles. The minimum Gasteiger partial charge on any atom is -0.369 e. The second-order valence-electron chi connectivity index (χ2n) is 3.31. The Kier molecular flexibility index (Phi) is 4.05. The number of anilines is 1. The molecule has 0 aromatic carbocycles. The molecule has 1 aromatic heterocycles. The molecule has 0 amide bonds. The van der Waals surface area contributed by atoms with Crippen molar-refractivity contribution in [1.82, 2.24) is 9.71 Å². The van der Waals surface area contributed by atoms with Gasteiger partial charge in [-0.05, 0) is 18.6 Å². The number of hydrogen-bond donors (Lipinski definition) is 2. The third-order valence-corrected chi connectivity index (χ3v) is 2.44. The van der Waals surface area contributed by atoms with Crippen LogP contribution in [-0.2, 0) is 10.0 Å². The predicted molar refractivity (Wildman–Crippen MR) is 60.3 cm³/mol. The van der Waals surface area contributed by atoms with Gasteiger partial charge in [-0.1, -0.05) is 6.07 Å². The molecule has 1 aromatic rings. The van der Waals surface area contributed by atoms with Gasteiger partial charge in [-0.3, -0.25) is 0 Å². The molecule has 0 saturated carbocycles. The molecule has 0 atom stereocenters. The smallest absolute Gasteiger partial charge is 0.208 e. The molecule has 0 spiro atoms. The summed E-state index contributed by atoms with van der Waals surface area (Å²) in [7, 11) is -3.10. The van der Waals surface area contributed by atoms with Crippen molar-refractivity contribution in [3.05, 3.63) is 23.9 Å². The van der Waals surface area contributed by atoms with E-state index in [0.717, 1.165) is 17.6 Å². The number of aryl methyl sites for hydroxylation is 1. The van der Waals surface area contributed by atoms with E-state index < -0.39 is 10.0 Å². The van der Waals surface area contributed by atoms with Crippen LogP contribution in [-0.4, -0.2) is 32.7 Å². The highest BCUT2D eigenvalue weighted by Gasteiger charge is 1.98. The molecule has 0 radical (unpaired) electrons. The minimum absolute atomic E-state index is 0.356. The number of rotatable bonds is 5. The third-order valence-electron chi connectivity index (χ3n) is 1.71. The monoisotopic (exact) mass is 229 g/mol. The summed E-state index contributed by atoms with van der Waals surface area (Å²) in [6.07, 6.45) is 2.89. The van der Waals surface area contributed by atoms with Crippen molar-refractivity contribution in [3.8, 4) is 0 Å². The number of nitrogens with one attached hydrogen (secondary N) is 2. The van der Waals surface area contributed by atoms with Crippen LogP contribution in [0.5, 0.6) is 0 Å². The van der Waals surface area contributed by atoms with Gasteiger partial charge in [-0.2, -0.15) is 0 Å². The maximum Gasteiger partial charge on any atom is 0.208 e. The lowest BCUT2D eigenvalue weighted by Crippen LogP contribution is -2.27. The van der Waals surface area contributed by atoms with Crippen LogP contribution < -0.4 is 10.0 Å². The van der Waals surface area contributed by atoms with Crippen molar-refractivity contribution in [3.63, 3.8) is 0 Å². The van der Waals surface area contributed by atoms with Crippen molar-refractivity contribution < 1.29 is 8.42 Å². The number of nitrogens with zero attached hydrogens (tertiary/aromatic N) is 1. The van der Waals surface area contributed by atoms with E-state index in [-0.39, 0.29) is 0 Å². The Morgan fingerprint density at radius 2 is 2.07 bits per heavy atom. The van der Waals surface area contributed by atoms with Crippen LogP contribution in [0.2, 0.25) is 0 Å². The lowest BCUT2D eigenvalue weighted by atomic mass is 10.3. The first-order valence-electron chi connectivity index (χ1n) is 4.58. The highest BCUT2D eigenvalue weighted by atomic mass is 32.2. The predicted octanol–water partition coefficient (Wildman–Crippen LogP) is 0.351. The zero-order valence-corrected chi connectivity index (χ0v) is 9.63. The molecule has 0 bridgehead atoms. The lowest BCUT2D eigenvalue weighted by molar-refractivity contribution is 0.589. The first-order chi connectivity index (χ1) is 6.97. The maximum absolute atomic E-state index is 10.7. The summed E-state index contributed by atoms with van der Waals surface area (Å²) in [5.41, 5.74) is 1.09. The molecule has 1 rings (SSSR count). The Morgan fingerprint density at radius 1 is 1.33 bits per heavy atom. The molecular weight excluding hydrogens is 214 g/mol. The number of aromatic nitrogens is 1. The van der Waals surface area contributed by atoms with Gasteiger partial charge in [-0.25, -0.2) is 18.1 Å². The first kappa shape index (κ1) is 11.9. The molecule has 0 fully saturated rings. The van der Waals surface area contributed by atoms with Crippen molar-refractivity contribution in [2.75, 3.05) is 24.7 Å². The Morgan fingerprint density at radius 3 is 2.60 bits per heavy atom.